The number of halogens is 5. The number of pyridine rings is 1. The molecule has 0 saturated carbocycles. The SMILES string of the molecule is FC(F)c1c(Cl)cnc(Cl)c1Br. The van der Waals surface area contributed by atoms with Crippen LogP contribution in [0.2, 0.25) is 10.2 Å². The van der Waals surface area contributed by atoms with Gasteiger partial charge in [0.25, 0.3) is 6.43 Å². The van der Waals surface area contributed by atoms with Crippen LogP contribution in [0.25, 0.3) is 0 Å². The van der Waals surface area contributed by atoms with Crippen molar-refractivity contribution in [2.45, 2.75) is 6.43 Å². The molecule has 6 heteroatoms. The fourth-order valence-electron chi connectivity index (χ4n) is 0.656. The molecule has 0 fully saturated rings. The van der Waals surface area contributed by atoms with Gasteiger partial charge in [0.15, 0.2) is 0 Å². The number of hydrogen-bond acceptors (Lipinski definition) is 1. The van der Waals surface area contributed by atoms with Gasteiger partial charge in [-0.05, 0) is 15.9 Å². The molecule has 12 heavy (non-hydrogen) atoms. The Labute approximate surface area is 85.8 Å². The average Bonchev–Trinajstić information content (AvgIpc) is 1.97. The summed E-state index contributed by atoms with van der Waals surface area (Å²) in [7, 11) is 0. The molecule has 1 rings (SSSR count). The summed E-state index contributed by atoms with van der Waals surface area (Å²) in [6.07, 6.45) is -1.57. The van der Waals surface area contributed by atoms with Crippen molar-refractivity contribution in [2.24, 2.45) is 0 Å². The van der Waals surface area contributed by atoms with Crippen molar-refractivity contribution in [3.63, 3.8) is 0 Å². The topological polar surface area (TPSA) is 12.9 Å². The molecule has 0 bridgehead atoms. The second-order valence-corrected chi connectivity index (χ2v) is 3.48. The van der Waals surface area contributed by atoms with Crippen LogP contribution < -0.4 is 0 Å². The third-order valence-electron chi connectivity index (χ3n) is 1.18. The minimum Gasteiger partial charge on any atom is -0.242 e. The molecule has 0 spiro atoms. The van der Waals surface area contributed by atoms with Crippen molar-refractivity contribution in [3.05, 3.63) is 26.4 Å². The zero-order valence-corrected chi connectivity index (χ0v) is 8.59. The van der Waals surface area contributed by atoms with Gasteiger partial charge in [-0.3, -0.25) is 0 Å². The van der Waals surface area contributed by atoms with E-state index < -0.39 is 6.43 Å². The van der Waals surface area contributed by atoms with Gasteiger partial charge in [0, 0.05) is 6.20 Å². The smallest absolute Gasteiger partial charge is 0.242 e. The van der Waals surface area contributed by atoms with E-state index in [1.807, 2.05) is 0 Å². The fourth-order valence-corrected chi connectivity index (χ4v) is 1.64. The van der Waals surface area contributed by atoms with Crippen LogP contribution in [-0.2, 0) is 0 Å². The summed E-state index contributed by atoms with van der Waals surface area (Å²) in [5.41, 5.74) is -0.323. The first-order chi connectivity index (χ1) is 5.54. The van der Waals surface area contributed by atoms with Crippen LogP contribution in [-0.4, -0.2) is 4.98 Å². The van der Waals surface area contributed by atoms with Gasteiger partial charge < -0.3 is 0 Å². The Morgan fingerprint density at radius 2 is 2.00 bits per heavy atom. The molecule has 0 atom stereocenters. The normalized spacial score (nSPS) is 10.8. The summed E-state index contributed by atoms with van der Waals surface area (Å²) in [6.45, 7) is 0. The highest BCUT2D eigenvalue weighted by atomic mass is 79.9. The molecule has 66 valence electrons. The zero-order chi connectivity index (χ0) is 9.30. The van der Waals surface area contributed by atoms with Crippen LogP contribution in [0.15, 0.2) is 10.7 Å². The van der Waals surface area contributed by atoms with Crippen molar-refractivity contribution >= 4 is 39.1 Å². The molecule has 0 unspecified atom stereocenters. The number of hydrogen-bond donors (Lipinski definition) is 0. The summed E-state index contributed by atoms with van der Waals surface area (Å²) >= 11 is 13.8. The van der Waals surface area contributed by atoms with Gasteiger partial charge in [0.1, 0.15) is 5.15 Å². The summed E-state index contributed by atoms with van der Waals surface area (Å²) in [6, 6.07) is 0. The average molecular weight is 277 g/mol. The van der Waals surface area contributed by atoms with Gasteiger partial charge >= 0.3 is 0 Å². The molecular formula is C6H2BrCl2F2N. The highest BCUT2D eigenvalue weighted by Crippen LogP contribution is 2.36. The molecule has 0 aromatic carbocycles. The maximum Gasteiger partial charge on any atom is 0.266 e. The molecule has 1 nitrogen and oxygen atoms in total. The number of rotatable bonds is 1. The van der Waals surface area contributed by atoms with Crippen molar-refractivity contribution < 1.29 is 8.78 Å². The van der Waals surface area contributed by atoms with Crippen molar-refractivity contribution in [3.8, 4) is 0 Å². The molecule has 1 aromatic heterocycles. The van der Waals surface area contributed by atoms with Crippen LogP contribution in [0.1, 0.15) is 12.0 Å². The van der Waals surface area contributed by atoms with Gasteiger partial charge in [-0.25, -0.2) is 13.8 Å². The second kappa shape index (κ2) is 3.85. The van der Waals surface area contributed by atoms with E-state index in [4.69, 9.17) is 23.2 Å². The van der Waals surface area contributed by atoms with Crippen molar-refractivity contribution in [2.75, 3.05) is 0 Å². The first-order valence-electron chi connectivity index (χ1n) is 2.81. The monoisotopic (exact) mass is 275 g/mol. The zero-order valence-electron chi connectivity index (χ0n) is 5.49. The van der Waals surface area contributed by atoms with E-state index in [0.717, 1.165) is 6.20 Å². The first kappa shape index (κ1) is 10.2. The Morgan fingerprint density at radius 1 is 1.42 bits per heavy atom. The largest absolute Gasteiger partial charge is 0.266 e. The van der Waals surface area contributed by atoms with E-state index in [0.29, 0.717) is 0 Å². The molecule has 0 aliphatic heterocycles. The van der Waals surface area contributed by atoms with E-state index in [9.17, 15) is 8.78 Å². The maximum absolute atomic E-state index is 12.3. The Morgan fingerprint density at radius 3 is 2.42 bits per heavy atom. The molecule has 0 amide bonds. The molecule has 0 N–H and O–H groups in total. The van der Waals surface area contributed by atoms with Crippen LogP contribution >= 0.6 is 39.1 Å². The predicted octanol–water partition coefficient (Wildman–Crippen LogP) is 4.09. The highest BCUT2D eigenvalue weighted by molar-refractivity contribution is 9.10. The molecule has 0 aliphatic rings. The summed E-state index contributed by atoms with van der Waals surface area (Å²) in [5, 5.41) is -0.115. The fraction of sp³-hybridized carbons (Fsp3) is 0.167. The van der Waals surface area contributed by atoms with Gasteiger partial charge in [-0.2, -0.15) is 0 Å². The predicted molar refractivity (Wildman–Crippen MR) is 46.9 cm³/mol. The lowest BCUT2D eigenvalue weighted by Crippen LogP contribution is -1.91. The number of alkyl halides is 2. The Balaban J connectivity index is 3.33. The van der Waals surface area contributed by atoms with E-state index >= 15 is 0 Å². The molecule has 1 aromatic rings. The minimum absolute atomic E-state index is 0.0188. The Kier molecular flexibility index (Phi) is 3.26. The quantitative estimate of drug-likeness (QED) is 0.704. The van der Waals surface area contributed by atoms with Crippen LogP contribution in [0.4, 0.5) is 8.78 Å². The van der Waals surface area contributed by atoms with Gasteiger partial charge in [-0.15, -0.1) is 0 Å². The molecule has 0 radical (unpaired) electrons. The Bertz CT molecular complexity index is 306. The lowest BCUT2D eigenvalue weighted by Gasteiger charge is -2.05. The van der Waals surface area contributed by atoms with Crippen LogP contribution in [0.3, 0.4) is 0 Å². The molecule has 1 heterocycles. The van der Waals surface area contributed by atoms with E-state index in [1.165, 1.54) is 0 Å². The van der Waals surface area contributed by atoms with Crippen LogP contribution in [0.5, 0.6) is 0 Å². The lowest BCUT2D eigenvalue weighted by atomic mass is 10.3. The molecule has 0 saturated heterocycles. The van der Waals surface area contributed by atoms with Crippen molar-refractivity contribution in [1.82, 2.24) is 4.98 Å². The maximum atomic E-state index is 12.3. The van der Waals surface area contributed by atoms with E-state index in [1.54, 1.807) is 0 Å². The number of aromatic nitrogens is 1. The van der Waals surface area contributed by atoms with Crippen LogP contribution in [0, 0.1) is 0 Å². The standard InChI is InChI=1S/C6H2BrCl2F2N/c7-4-3(6(10)11)2(8)1-12-5(4)9/h1,6H. The number of nitrogens with zero attached hydrogens (tertiary/aromatic N) is 1. The highest BCUT2D eigenvalue weighted by Gasteiger charge is 2.18. The summed E-state index contributed by atoms with van der Waals surface area (Å²) in [5.74, 6) is 0. The lowest BCUT2D eigenvalue weighted by molar-refractivity contribution is 0.150. The third kappa shape index (κ3) is 1.87. The minimum atomic E-state index is -2.66. The molecular weight excluding hydrogens is 275 g/mol. The van der Waals surface area contributed by atoms with E-state index in [-0.39, 0.29) is 20.2 Å². The van der Waals surface area contributed by atoms with Gasteiger partial charge in [0.05, 0.1) is 15.1 Å². The van der Waals surface area contributed by atoms with Gasteiger partial charge in [-0.1, -0.05) is 23.2 Å². The molecule has 0 aliphatic carbocycles. The van der Waals surface area contributed by atoms with Gasteiger partial charge in [0.2, 0.25) is 0 Å². The summed E-state index contributed by atoms with van der Waals surface area (Å²) in [4.78, 5) is 3.57. The Hall–Kier alpha value is 0.0700. The van der Waals surface area contributed by atoms with Crippen molar-refractivity contribution in [1.29, 1.82) is 0 Å². The van der Waals surface area contributed by atoms with E-state index in [2.05, 4.69) is 20.9 Å². The second-order valence-electron chi connectivity index (χ2n) is 1.93. The third-order valence-corrected chi connectivity index (χ3v) is 2.80. The first-order valence-corrected chi connectivity index (χ1v) is 4.36. The summed E-state index contributed by atoms with van der Waals surface area (Å²) < 4.78 is 24.6.